The van der Waals surface area contributed by atoms with E-state index in [0.717, 1.165) is 28.2 Å². The van der Waals surface area contributed by atoms with Crippen LogP contribution in [0, 0.1) is 0 Å². The van der Waals surface area contributed by atoms with Crippen LogP contribution in [0.5, 0.6) is 5.75 Å². The Kier molecular flexibility index (Phi) is 5.85. The maximum absolute atomic E-state index is 13.0. The fraction of sp³-hybridized carbons (Fsp3) is 0.100. The third kappa shape index (κ3) is 4.43. The smallest absolute Gasteiger partial charge is 0.416 e. The van der Waals surface area contributed by atoms with Crippen molar-refractivity contribution in [2.75, 3.05) is 12.4 Å². The van der Waals surface area contributed by atoms with Gasteiger partial charge < -0.3 is 4.74 Å². The van der Waals surface area contributed by atoms with Crippen molar-refractivity contribution in [2.24, 2.45) is 0 Å². The van der Waals surface area contributed by atoms with E-state index in [1.54, 1.807) is 24.3 Å². The Bertz CT molecular complexity index is 1290. The fourth-order valence-corrected chi connectivity index (χ4v) is 3.85. The molecule has 1 N–H and O–H groups in total. The number of amides is 1. The molecule has 0 radical (unpaired) electrons. The number of nitrogens with zero attached hydrogens (tertiary/aromatic N) is 4. The minimum atomic E-state index is -4.51. The largest absolute Gasteiger partial charge is 0.493 e. The first-order valence-electron chi connectivity index (χ1n) is 8.97. The topological polar surface area (TPSA) is 81.9 Å². The number of hydrogen-bond donors (Lipinski definition) is 1. The van der Waals surface area contributed by atoms with E-state index < -0.39 is 17.6 Å². The van der Waals surface area contributed by atoms with Crippen LogP contribution in [0.1, 0.15) is 16.1 Å². The zero-order valence-electron chi connectivity index (χ0n) is 16.2. The number of ether oxygens (including phenoxy) is 1. The molecule has 0 aliphatic heterocycles. The van der Waals surface area contributed by atoms with Crippen LogP contribution in [-0.2, 0) is 6.18 Å². The number of carbonyl (C=O) groups excluding carboxylic acids is 1. The first-order chi connectivity index (χ1) is 15.3. The van der Waals surface area contributed by atoms with Crippen molar-refractivity contribution in [3.63, 3.8) is 0 Å². The molecule has 0 saturated carbocycles. The number of benzene rings is 2. The molecule has 0 bridgehead atoms. The lowest BCUT2D eigenvalue weighted by molar-refractivity contribution is -0.137. The number of rotatable bonds is 5. The molecule has 1 amide bonds. The molecule has 2 aromatic carbocycles. The van der Waals surface area contributed by atoms with E-state index in [2.05, 4.69) is 20.6 Å². The van der Waals surface area contributed by atoms with Crippen LogP contribution in [0.15, 0.2) is 54.7 Å². The lowest BCUT2D eigenvalue weighted by atomic mass is 10.2. The zero-order valence-corrected chi connectivity index (χ0v) is 17.8. The third-order valence-electron chi connectivity index (χ3n) is 4.30. The van der Waals surface area contributed by atoms with Crippen molar-refractivity contribution in [1.29, 1.82) is 0 Å². The van der Waals surface area contributed by atoms with E-state index >= 15 is 0 Å². The first-order valence-corrected chi connectivity index (χ1v) is 10.2. The van der Waals surface area contributed by atoms with Gasteiger partial charge in [-0.3, -0.25) is 10.1 Å². The minimum Gasteiger partial charge on any atom is -0.493 e. The van der Waals surface area contributed by atoms with Crippen molar-refractivity contribution in [1.82, 2.24) is 20.0 Å². The molecule has 12 heteroatoms. The molecule has 4 aromatic rings. The molecule has 0 spiro atoms. The van der Waals surface area contributed by atoms with Gasteiger partial charge in [-0.1, -0.05) is 47.2 Å². The summed E-state index contributed by atoms with van der Waals surface area (Å²) in [5.41, 5.74) is -0.177. The summed E-state index contributed by atoms with van der Waals surface area (Å²) >= 11 is 7.27. The summed E-state index contributed by atoms with van der Waals surface area (Å²) in [7, 11) is 1.32. The Morgan fingerprint density at radius 3 is 2.66 bits per heavy atom. The van der Waals surface area contributed by atoms with Crippen LogP contribution in [0.2, 0.25) is 5.02 Å². The molecule has 4 rings (SSSR count). The highest BCUT2D eigenvalue weighted by atomic mass is 35.5. The normalized spacial score (nSPS) is 11.4. The van der Waals surface area contributed by atoms with Gasteiger partial charge in [-0.2, -0.15) is 18.3 Å². The molecule has 0 aliphatic carbocycles. The quantitative estimate of drug-likeness (QED) is 0.418. The van der Waals surface area contributed by atoms with E-state index in [4.69, 9.17) is 16.3 Å². The Hall–Kier alpha value is -3.44. The average Bonchev–Trinajstić information content (AvgIpc) is 3.41. The predicted molar refractivity (Wildman–Crippen MR) is 113 cm³/mol. The molecular weight excluding hydrogens is 467 g/mol. The van der Waals surface area contributed by atoms with E-state index in [0.29, 0.717) is 15.6 Å². The summed E-state index contributed by atoms with van der Waals surface area (Å²) in [5, 5.41) is 15.8. The van der Waals surface area contributed by atoms with Crippen LogP contribution in [0.4, 0.5) is 18.3 Å². The van der Waals surface area contributed by atoms with Gasteiger partial charge in [0.2, 0.25) is 5.13 Å². The molecule has 2 aromatic heterocycles. The monoisotopic (exact) mass is 479 g/mol. The standard InChI is InChI=1S/C20H13ClF3N5O2S/c1-31-15-10-29(12-6-4-5-11(9-12)20(22,23)24)28-16(15)17(30)25-19-27-26-18(32-19)13-7-2-3-8-14(13)21/h2-10H,1H3,(H,25,27,30). The average molecular weight is 480 g/mol. The first kappa shape index (κ1) is 21.8. The van der Waals surface area contributed by atoms with E-state index in [-0.39, 0.29) is 22.3 Å². The molecule has 0 fully saturated rings. The SMILES string of the molecule is COc1cn(-c2cccc(C(F)(F)F)c2)nc1C(=O)Nc1nnc(-c2ccccc2Cl)s1. The molecule has 2 heterocycles. The van der Waals surface area contributed by atoms with Crippen LogP contribution in [0.25, 0.3) is 16.3 Å². The number of anilines is 1. The second-order valence-corrected chi connectivity index (χ2v) is 7.77. The Labute approximate surface area is 188 Å². The van der Waals surface area contributed by atoms with E-state index in [1.165, 1.54) is 25.4 Å². The van der Waals surface area contributed by atoms with Gasteiger partial charge in [0.15, 0.2) is 16.5 Å². The van der Waals surface area contributed by atoms with Crippen molar-refractivity contribution in [2.45, 2.75) is 6.18 Å². The van der Waals surface area contributed by atoms with Crippen LogP contribution in [0.3, 0.4) is 0 Å². The van der Waals surface area contributed by atoms with Gasteiger partial charge in [0.05, 0.1) is 29.6 Å². The number of halogens is 4. The second kappa shape index (κ2) is 8.60. The summed E-state index contributed by atoms with van der Waals surface area (Å²) < 4.78 is 45.4. The van der Waals surface area contributed by atoms with Crippen LogP contribution >= 0.6 is 22.9 Å². The zero-order chi connectivity index (χ0) is 22.9. The molecule has 0 atom stereocenters. The Balaban J connectivity index is 1.59. The van der Waals surface area contributed by atoms with Gasteiger partial charge >= 0.3 is 6.18 Å². The number of alkyl halides is 3. The molecule has 32 heavy (non-hydrogen) atoms. The van der Waals surface area contributed by atoms with Crippen molar-refractivity contribution in [3.8, 4) is 22.0 Å². The predicted octanol–water partition coefficient (Wildman–Crippen LogP) is 5.32. The number of nitrogens with one attached hydrogen (secondary N) is 1. The summed E-state index contributed by atoms with van der Waals surface area (Å²) in [4.78, 5) is 12.7. The second-order valence-electron chi connectivity index (χ2n) is 6.39. The molecule has 0 saturated heterocycles. The van der Waals surface area contributed by atoms with E-state index in [9.17, 15) is 18.0 Å². The molecule has 7 nitrogen and oxygen atoms in total. The summed E-state index contributed by atoms with van der Waals surface area (Å²) in [6.45, 7) is 0. The highest BCUT2D eigenvalue weighted by Crippen LogP contribution is 2.33. The molecule has 0 unspecified atom stereocenters. The van der Waals surface area contributed by atoms with Gasteiger partial charge in [-0.15, -0.1) is 10.2 Å². The Morgan fingerprint density at radius 2 is 1.94 bits per heavy atom. The maximum atomic E-state index is 13.0. The lowest BCUT2D eigenvalue weighted by Crippen LogP contribution is -2.14. The van der Waals surface area contributed by atoms with Gasteiger partial charge in [0, 0.05) is 5.56 Å². The van der Waals surface area contributed by atoms with Crippen molar-refractivity contribution >= 4 is 34.0 Å². The minimum absolute atomic E-state index is 0.0794. The molecule has 0 aliphatic rings. The summed E-state index contributed by atoms with van der Waals surface area (Å²) in [5.74, 6) is -0.579. The summed E-state index contributed by atoms with van der Waals surface area (Å²) in [6.07, 6.45) is -3.19. The fourth-order valence-electron chi connectivity index (χ4n) is 2.80. The highest BCUT2D eigenvalue weighted by Gasteiger charge is 2.31. The molecule has 164 valence electrons. The number of hydrogen-bond acceptors (Lipinski definition) is 6. The van der Waals surface area contributed by atoms with Gasteiger partial charge in [-0.25, -0.2) is 4.68 Å². The van der Waals surface area contributed by atoms with Gasteiger partial charge in [-0.05, 0) is 24.3 Å². The molecular formula is C20H13ClF3N5O2S. The Morgan fingerprint density at radius 1 is 1.16 bits per heavy atom. The van der Waals surface area contributed by atoms with Gasteiger partial charge in [0.1, 0.15) is 0 Å². The summed E-state index contributed by atoms with van der Waals surface area (Å²) in [6, 6.07) is 11.6. The van der Waals surface area contributed by atoms with Crippen LogP contribution in [-0.4, -0.2) is 33.0 Å². The lowest BCUT2D eigenvalue weighted by Gasteiger charge is -2.08. The maximum Gasteiger partial charge on any atom is 0.416 e. The highest BCUT2D eigenvalue weighted by molar-refractivity contribution is 7.18. The number of carbonyl (C=O) groups is 1. The van der Waals surface area contributed by atoms with Gasteiger partial charge in [0.25, 0.3) is 5.91 Å². The van der Waals surface area contributed by atoms with E-state index in [1.807, 2.05) is 0 Å². The number of aromatic nitrogens is 4. The number of methoxy groups -OCH3 is 1. The van der Waals surface area contributed by atoms with Crippen molar-refractivity contribution < 1.29 is 22.7 Å². The van der Waals surface area contributed by atoms with Crippen molar-refractivity contribution in [3.05, 3.63) is 71.0 Å². The third-order valence-corrected chi connectivity index (χ3v) is 5.50. The van der Waals surface area contributed by atoms with Crippen LogP contribution < -0.4 is 10.1 Å².